The second-order valence-electron chi connectivity index (χ2n) is 6.92. The van der Waals surface area contributed by atoms with Crippen molar-refractivity contribution in [1.82, 2.24) is 14.9 Å². The van der Waals surface area contributed by atoms with Gasteiger partial charge in [0.1, 0.15) is 17.3 Å². The molecule has 5 heteroatoms. The van der Waals surface area contributed by atoms with Crippen LogP contribution in [0.5, 0.6) is 0 Å². The molecule has 0 spiro atoms. The summed E-state index contributed by atoms with van der Waals surface area (Å²) < 4.78 is 5.62. The van der Waals surface area contributed by atoms with Gasteiger partial charge in [-0.05, 0) is 45.7 Å². The number of aromatic amines is 1. The van der Waals surface area contributed by atoms with Gasteiger partial charge in [0.2, 0.25) is 0 Å². The second kappa shape index (κ2) is 6.06. The quantitative estimate of drug-likeness (QED) is 0.766. The molecule has 1 aromatic carbocycles. The Hall–Kier alpha value is -2.56. The van der Waals surface area contributed by atoms with Gasteiger partial charge in [-0.2, -0.15) is 0 Å². The fourth-order valence-corrected chi connectivity index (χ4v) is 3.79. The predicted octanol–water partition coefficient (Wildman–Crippen LogP) is 4.10. The number of H-pyrrole nitrogens is 1. The number of hydrogen-bond acceptors (Lipinski definition) is 3. The summed E-state index contributed by atoms with van der Waals surface area (Å²) in [4.78, 5) is 23.0. The van der Waals surface area contributed by atoms with E-state index in [9.17, 15) is 4.79 Å². The molecule has 5 nitrogen and oxygen atoms in total. The number of hydrogen-bond donors (Lipinski definition) is 1. The van der Waals surface area contributed by atoms with Crippen molar-refractivity contribution in [3.05, 3.63) is 52.7 Å². The fourth-order valence-electron chi connectivity index (χ4n) is 3.79. The fraction of sp³-hybridized carbons (Fsp3) is 0.400. The average molecular weight is 337 g/mol. The van der Waals surface area contributed by atoms with E-state index in [2.05, 4.69) is 11.1 Å². The van der Waals surface area contributed by atoms with Gasteiger partial charge in [0.25, 0.3) is 5.91 Å². The molecule has 0 saturated carbocycles. The number of likely N-dealkylation sites (tertiary alicyclic amines) is 1. The minimum atomic E-state index is 0.0925. The Bertz CT molecular complexity index is 897. The standard InChI is InChI=1S/C20H23N3O2/c1-12-13(2)25-14(3)18(12)20(24)23-10-8-15(9-11-23)19-21-16-6-4-5-7-17(16)22-19/h4-7,15H,8-11H2,1-3H3,(H,21,22). The van der Waals surface area contributed by atoms with Crippen molar-refractivity contribution in [2.45, 2.75) is 39.5 Å². The van der Waals surface area contributed by atoms with Gasteiger partial charge < -0.3 is 14.3 Å². The highest BCUT2D eigenvalue weighted by molar-refractivity contribution is 5.97. The first-order valence-corrected chi connectivity index (χ1v) is 8.85. The molecule has 25 heavy (non-hydrogen) atoms. The van der Waals surface area contributed by atoms with E-state index in [0.29, 0.717) is 5.92 Å². The Balaban J connectivity index is 1.48. The molecule has 2 aromatic heterocycles. The maximum atomic E-state index is 12.9. The SMILES string of the molecule is Cc1oc(C)c(C(=O)N2CCC(c3nc4ccccc4[nH]3)CC2)c1C. The molecule has 0 unspecified atom stereocenters. The third kappa shape index (κ3) is 2.73. The number of imidazole rings is 1. The van der Waals surface area contributed by atoms with Crippen LogP contribution in [0.15, 0.2) is 28.7 Å². The van der Waals surface area contributed by atoms with Crippen molar-refractivity contribution in [1.29, 1.82) is 0 Å². The van der Waals surface area contributed by atoms with E-state index >= 15 is 0 Å². The number of carbonyl (C=O) groups is 1. The van der Waals surface area contributed by atoms with Crippen molar-refractivity contribution >= 4 is 16.9 Å². The number of benzene rings is 1. The number of fused-ring (bicyclic) bond motifs is 1. The van der Waals surface area contributed by atoms with Gasteiger partial charge in [0.15, 0.2) is 0 Å². The second-order valence-corrected chi connectivity index (χ2v) is 6.92. The van der Waals surface area contributed by atoms with Crippen LogP contribution >= 0.6 is 0 Å². The van der Waals surface area contributed by atoms with E-state index in [-0.39, 0.29) is 5.91 Å². The van der Waals surface area contributed by atoms with E-state index < -0.39 is 0 Å². The summed E-state index contributed by atoms with van der Waals surface area (Å²) in [5, 5.41) is 0. The van der Waals surface area contributed by atoms with Gasteiger partial charge in [-0.3, -0.25) is 4.79 Å². The normalized spacial score (nSPS) is 15.9. The first-order valence-electron chi connectivity index (χ1n) is 8.85. The third-order valence-electron chi connectivity index (χ3n) is 5.35. The molecule has 1 fully saturated rings. The van der Waals surface area contributed by atoms with Crippen LogP contribution in [0.1, 0.15) is 52.0 Å². The Labute approximate surface area is 147 Å². The number of piperidine rings is 1. The summed E-state index contributed by atoms with van der Waals surface area (Å²) in [7, 11) is 0. The van der Waals surface area contributed by atoms with Gasteiger partial charge in [-0.1, -0.05) is 12.1 Å². The van der Waals surface area contributed by atoms with E-state index in [1.54, 1.807) is 0 Å². The molecule has 1 aliphatic rings. The molecule has 130 valence electrons. The average Bonchev–Trinajstić information content (AvgIpc) is 3.15. The van der Waals surface area contributed by atoms with E-state index in [1.807, 2.05) is 43.9 Å². The van der Waals surface area contributed by atoms with Crippen molar-refractivity contribution in [2.24, 2.45) is 0 Å². The molecule has 4 rings (SSSR count). The van der Waals surface area contributed by atoms with Gasteiger partial charge >= 0.3 is 0 Å². The first kappa shape index (κ1) is 15.9. The Morgan fingerprint density at radius 3 is 2.52 bits per heavy atom. The third-order valence-corrected chi connectivity index (χ3v) is 5.35. The molecular formula is C20H23N3O2. The van der Waals surface area contributed by atoms with Gasteiger partial charge in [-0.15, -0.1) is 0 Å². The van der Waals surface area contributed by atoms with Crippen LogP contribution < -0.4 is 0 Å². The molecule has 1 saturated heterocycles. The maximum Gasteiger partial charge on any atom is 0.257 e. The lowest BCUT2D eigenvalue weighted by Gasteiger charge is -2.31. The number of nitrogens with one attached hydrogen (secondary N) is 1. The maximum absolute atomic E-state index is 12.9. The first-order chi connectivity index (χ1) is 12.0. The van der Waals surface area contributed by atoms with Crippen LogP contribution in [-0.4, -0.2) is 33.9 Å². The van der Waals surface area contributed by atoms with Gasteiger partial charge in [-0.25, -0.2) is 4.98 Å². The van der Waals surface area contributed by atoms with Crippen molar-refractivity contribution < 1.29 is 9.21 Å². The Morgan fingerprint density at radius 1 is 1.16 bits per heavy atom. The van der Waals surface area contributed by atoms with E-state index in [1.165, 1.54) is 0 Å². The monoisotopic (exact) mass is 337 g/mol. The number of aromatic nitrogens is 2. The molecule has 0 radical (unpaired) electrons. The van der Waals surface area contributed by atoms with Crippen molar-refractivity contribution in [2.75, 3.05) is 13.1 Å². The predicted molar refractivity (Wildman–Crippen MR) is 96.9 cm³/mol. The molecule has 1 aliphatic heterocycles. The Kier molecular flexibility index (Phi) is 3.86. The molecule has 3 aromatic rings. The van der Waals surface area contributed by atoms with Crippen LogP contribution in [0, 0.1) is 20.8 Å². The molecule has 1 N–H and O–H groups in total. The number of amides is 1. The highest BCUT2D eigenvalue weighted by Gasteiger charge is 2.29. The smallest absolute Gasteiger partial charge is 0.257 e. The topological polar surface area (TPSA) is 62.1 Å². The number of para-hydroxylation sites is 2. The summed E-state index contributed by atoms with van der Waals surface area (Å²) in [6.45, 7) is 7.24. The minimum absolute atomic E-state index is 0.0925. The molecule has 1 amide bonds. The number of aryl methyl sites for hydroxylation is 2. The molecule has 0 atom stereocenters. The van der Waals surface area contributed by atoms with E-state index in [0.717, 1.165) is 65.4 Å². The lowest BCUT2D eigenvalue weighted by molar-refractivity contribution is 0.0709. The number of nitrogens with zero attached hydrogens (tertiary/aromatic N) is 2. The van der Waals surface area contributed by atoms with E-state index in [4.69, 9.17) is 9.40 Å². The van der Waals surface area contributed by atoms with Crippen molar-refractivity contribution in [3.63, 3.8) is 0 Å². The number of rotatable bonds is 2. The number of furan rings is 1. The van der Waals surface area contributed by atoms with Gasteiger partial charge in [0.05, 0.1) is 16.6 Å². The summed E-state index contributed by atoms with van der Waals surface area (Å²) in [6, 6.07) is 8.10. The van der Waals surface area contributed by atoms with Crippen LogP contribution in [0.2, 0.25) is 0 Å². The van der Waals surface area contributed by atoms with Crippen LogP contribution in [0.3, 0.4) is 0 Å². The van der Waals surface area contributed by atoms with Crippen molar-refractivity contribution in [3.8, 4) is 0 Å². The lowest BCUT2D eigenvalue weighted by Crippen LogP contribution is -2.38. The minimum Gasteiger partial charge on any atom is -0.466 e. The Morgan fingerprint density at radius 2 is 1.88 bits per heavy atom. The zero-order valence-corrected chi connectivity index (χ0v) is 14.9. The van der Waals surface area contributed by atoms with Crippen LogP contribution in [-0.2, 0) is 0 Å². The molecule has 0 bridgehead atoms. The van der Waals surface area contributed by atoms with Gasteiger partial charge in [0, 0.05) is 24.6 Å². The summed E-state index contributed by atoms with van der Waals surface area (Å²) in [5.41, 5.74) is 3.79. The summed E-state index contributed by atoms with van der Waals surface area (Å²) >= 11 is 0. The summed E-state index contributed by atoms with van der Waals surface area (Å²) in [6.07, 6.45) is 1.86. The highest BCUT2D eigenvalue weighted by Crippen LogP contribution is 2.30. The highest BCUT2D eigenvalue weighted by atomic mass is 16.3. The molecular weight excluding hydrogens is 314 g/mol. The number of carbonyl (C=O) groups excluding carboxylic acids is 1. The zero-order valence-electron chi connectivity index (χ0n) is 14.9. The summed E-state index contributed by atoms with van der Waals surface area (Å²) in [5.74, 6) is 3.07. The lowest BCUT2D eigenvalue weighted by atomic mass is 9.95. The van der Waals surface area contributed by atoms with Crippen LogP contribution in [0.25, 0.3) is 11.0 Å². The van der Waals surface area contributed by atoms with Crippen LogP contribution in [0.4, 0.5) is 0 Å². The molecule has 0 aliphatic carbocycles. The molecule has 3 heterocycles. The largest absolute Gasteiger partial charge is 0.466 e. The zero-order chi connectivity index (χ0) is 17.6.